The Morgan fingerprint density at radius 3 is 2.43 bits per heavy atom. The quantitative estimate of drug-likeness (QED) is 0.454. The molecule has 3 aromatic rings. The van der Waals surface area contributed by atoms with Gasteiger partial charge in [0.05, 0.1) is 17.0 Å². The third kappa shape index (κ3) is 4.81. The van der Waals surface area contributed by atoms with Crippen molar-refractivity contribution >= 4 is 51.7 Å². The Kier molecular flexibility index (Phi) is 6.32. The summed E-state index contributed by atoms with van der Waals surface area (Å²) < 4.78 is 0. The first-order valence-corrected chi connectivity index (χ1v) is 12.0. The average molecular weight is 487 g/mol. The summed E-state index contributed by atoms with van der Waals surface area (Å²) >= 11 is 6.17. The summed E-state index contributed by atoms with van der Waals surface area (Å²) in [6, 6.07) is 21.4. The molecule has 2 amide bonds. The zero-order chi connectivity index (χ0) is 24.5. The first kappa shape index (κ1) is 23.1. The van der Waals surface area contributed by atoms with Gasteiger partial charge in [0.25, 0.3) is 5.91 Å². The number of fused-ring (bicyclic) bond motifs is 1. The molecule has 2 aliphatic heterocycles. The zero-order valence-corrected chi connectivity index (χ0v) is 20.5. The van der Waals surface area contributed by atoms with Crippen LogP contribution in [0.4, 0.5) is 17.1 Å². The maximum absolute atomic E-state index is 13.1. The lowest BCUT2D eigenvalue weighted by Gasteiger charge is -2.18. The SMILES string of the molecule is CN(C)Cc1ccc(N/C(=C2\C(=O)Nc3cc(Cl)ccc32)c2ccc(N3CCCC3=O)cc2)cc1. The highest BCUT2D eigenvalue weighted by atomic mass is 35.5. The third-order valence-electron chi connectivity index (χ3n) is 6.24. The van der Waals surface area contributed by atoms with Gasteiger partial charge in [0.15, 0.2) is 0 Å². The zero-order valence-electron chi connectivity index (χ0n) is 19.8. The molecule has 0 unspecified atom stereocenters. The summed E-state index contributed by atoms with van der Waals surface area (Å²) in [7, 11) is 4.08. The van der Waals surface area contributed by atoms with Gasteiger partial charge in [-0.2, -0.15) is 0 Å². The van der Waals surface area contributed by atoms with Crippen molar-refractivity contribution in [3.8, 4) is 0 Å². The fraction of sp³-hybridized carbons (Fsp3) is 0.214. The van der Waals surface area contributed by atoms with Crippen LogP contribution in [0.2, 0.25) is 5.02 Å². The standard InChI is InChI=1S/C28H27ClN4O2/c1-32(2)17-18-5-10-21(11-6-18)30-27(26-23-14-9-20(29)16-24(23)31-28(26)35)19-7-12-22(13-8-19)33-15-3-4-25(33)34/h5-14,16,30H,3-4,15,17H2,1-2H3,(H,31,35)/b27-26-. The molecule has 35 heavy (non-hydrogen) atoms. The summed E-state index contributed by atoms with van der Waals surface area (Å²) in [6.07, 6.45) is 1.46. The molecule has 0 bridgehead atoms. The summed E-state index contributed by atoms with van der Waals surface area (Å²) in [6.45, 7) is 1.58. The van der Waals surface area contributed by atoms with E-state index in [1.807, 2.05) is 61.5 Å². The lowest BCUT2D eigenvalue weighted by Crippen LogP contribution is -2.23. The average Bonchev–Trinajstić information content (AvgIpc) is 3.40. The smallest absolute Gasteiger partial charge is 0.258 e. The van der Waals surface area contributed by atoms with Crippen LogP contribution in [0.25, 0.3) is 11.3 Å². The van der Waals surface area contributed by atoms with Gasteiger partial charge in [-0.05, 0) is 68.0 Å². The molecule has 0 saturated carbocycles. The van der Waals surface area contributed by atoms with E-state index in [0.717, 1.165) is 42.0 Å². The number of anilines is 3. The largest absolute Gasteiger partial charge is 0.354 e. The predicted octanol–water partition coefficient (Wildman–Crippen LogP) is 5.46. The van der Waals surface area contributed by atoms with Crippen molar-refractivity contribution in [2.75, 3.05) is 36.2 Å². The minimum Gasteiger partial charge on any atom is -0.354 e. The molecule has 0 aromatic heterocycles. The molecule has 0 spiro atoms. The van der Waals surface area contributed by atoms with Crippen LogP contribution in [-0.4, -0.2) is 37.4 Å². The number of nitrogens with zero attached hydrogens (tertiary/aromatic N) is 2. The fourth-order valence-corrected chi connectivity index (χ4v) is 4.78. The maximum Gasteiger partial charge on any atom is 0.258 e. The van der Waals surface area contributed by atoms with Crippen LogP contribution in [0.1, 0.15) is 29.5 Å². The minimum absolute atomic E-state index is 0.147. The van der Waals surface area contributed by atoms with Gasteiger partial charge in [0.1, 0.15) is 0 Å². The highest BCUT2D eigenvalue weighted by Crippen LogP contribution is 2.39. The number of halogens is 1. The van der Waals surface area contributed by atoms with Crippen LogP contribution in [-0.2, 0) is 16.1 Å². The number of nitrogens with one attached hydrogen (secondary N) is 2. The predicted molar refractivity (Wildman–Crippen MR) is 142 cm³/mol. The first-order chi connectivity index (χ1) is 16.9. The van der Waals surface area contributed by atoms with Gasteiger partial charge in [-0.15, -0.1) is 0 Å². The lowest BCUT2D eigenvalue weighted by molar-refractivity contribution is -0.117. The number of rotatable bonds is 6. The van der Waals surface area contributed by atoms with Gasteiger partial charge in [-0.25, -0.2) is 0 Å². The second-order valence-electron chi connectivity index (χ2n) is 9.15. The van der Waals surface area contributed by atoms with Crippen molar-refractivity contribution in [3.05, 3.63) is 88.4 Å². The Bertz CT molecular complexity index is 1310. The van der Waals surface area contributed by atoms with Crippen LogP contribution in [0.5, 0.6) is 0 Å². The summed E-state index contributed by atoms with van der Waals surface area (Å²) in [5, 5.41) is 7.00. The molecule has 7 heteroatoms. The molecule has 0 aliphatic carbocycles. The Balaban J connectivity index is 1.56. The van der Waals surface area contributed by atoms with Crippen molar-refractivity contribution in [1.29, 1.82) is 0 Å². The van der Waals surface area contributed by atoms with E-state index < -0.39 is 0 Å². The molecule has 5 rings (SSSR count). The molecule has 6 nitrogen and oxygen atoms in total. The van der Waals surface area contributed by atoms with Crippen LogP contribution >= 0.6 is 11.6 Å². The molecule has 0 atom stereocenters. The van der Waals surface area contributed by atoms with Crippen molar-refractivity contribution in [1.82, 2.24) is 4.90 Å². The number of benzene rings is 3. The van der Waals surface area contributed by atoms with E-state index in [2.05, 4.69) is 27.7 Å². The van der Waals surface area contributed by atoms with Gasteiger partial charge in [-0.3, -0.25) is 9.59 Å². The molecule has 2 aliphatic rings. The highest BCUT2D eigenvalue weighted by Gasteiger charge is 2.29. The normalized spacial score (nSPS) is 16.5. The van der Waals surface area contributed by atoms with E-state index >= 15 is 0 Å². The second kappa shape index (κ2) is 9.56. The van der Waals surface area contributed by atoms with E-state index in [1.165, 1.54) is 5.56 Å². The Morgan fingerprint density at radius 2 is 1.77 bits per heavy atom. The van der Waals surface area contributed by atoms with Crippen molar-refractivity contribution < 1.29 is 9.59 Å². The maximum atomic E-state index is 13.1. The molecular weight excluding hydrogens is 460 g/mol. The molecule has 2 heterocycles. The van der Waals surface area contributed by atoms with Gasteiger partial charge >= 0.3 is 0 Å². The molecule has 1 saturated heterocycles. The van der Waals surface area contributed by atoms with Crippen LogP contribution in [0.15, 0.2) is 66.7 Å². The van der Waals surface area contributed by atoms with Gasteiger partial charge in [-0.1, -0.05) is 41.9 Å². The number of amides is 2. The Morgan fingerprint density at radius 1 is 1.03 bits per heavy atom. The Labute approximate surface area is 210 Å². The second-order valence-corrected chi connectivity index (χ2v) is 9.59. The van der Waals surface area contributed by atoms with Crippen molar-refractivity contribution in [3.63, 3.8) is 0 Å². The van der Waals surface area contributed by atoms with Crippen LogP contribution < -0.4 is 15.5 Å². The summed E-state index contributed by atoms with van der Waals surface area (Å²) in [4.78, 5) is 29.2. The molecule has 178 valence electrons. The highest BCUT2D eigenvalue weighted by molar-refractivity contribution is 6.38. The topological polar surface area (TPSA) is 64.7 Å². The van der Waals surface area contributed by atoms with Gasteiger partial charge in [0.2, 0.25) is 5.91 Å². The van der Waals surface area contributed by atoms with Crippen LogP contribution in [0.3, 0.4) is 0 Å². The molecular formula is C28H27ClN4O2. The van der Waals surface area contributed by atoms with Crippen molar-refractivity contribution in [2.45, 2.75) is 19.4 Å². The van der Waals surface area contributed by atoms with Crippen LogP contribution in [0, 0.1) is 0 Å². The van der Waals surface area contributed by atoms with E-state index in [0.29, 0.717) is 28.4 Å². The molecule has 0 radical (unpaired) electrons. The first-order valence-electron chi connectivity index (χ1n) is 11.7. The van der Waals surface area contributed by atoms with Gasteiger partial charge < -0.3 is 20.4 Å². The number of hydrogen-bond acceptors (Lipinski definition) is 4. The molecule has 1 fully saturated rings. The van der Waals surface area contributed by atoms with Gasteiger partial charge in [0, 0.05) is 41.5 Å². The Hall–Kier alpha value is -3.61. The summed E-state index contributed by atoms with van der Waals surface area (Å²) in [5.74, 6) is -0.0407. The molecule has 2 N–H and O–H groups in total. The molecule has 3 aromatic carbocycles. The number of hydrogen-bond donors (Lipinski definition) is 2. The number of carbonyl (C=O) groups is 2. The van der Waals surface area contributed by atoms with E-state index in [1.54, 1.807) is 12.1 Å². The van der Waals surface area contributed by atoms with E-state index in [4.69, 9.17) is 11.6 Å². The monoisotopic (exact) mass is 486 g/mol. The summed E-state index contributed by atoms with van der Waals surface area (Å²) in [5.41, 5.74) is 6.55. The minimum atomic E-state index is -0.187. The number of carbonyl (C=O) groups excluding carboxylic acids is 2. The van der Waals surface area contributed by atoms with E-state index in [-0.39, 0.29) is 11.8 Å². The van der Waals surface area contributed by atoms with Crippen molar-refractivity contribution in [2.24, 2.45) is 0 Å². The van der Waals surface area contributed by atoms with E-state index in [9.17, 15) is 9.59 Å². The lowest BCUT2D eigenvalue weighted by atomic mass is 9.99. The third-order valence-corrected chi connectivity index (χ3v) is 6.47. The fourth-order valence-electron chi connectivity index (χ4n) is 4.60.